The van der Waals surface area contributed by atoms with Crippen LogP contribution in [0.2, 0.25) is 5.02 Å². The number of rotatable bonds is 5. The van der Waals surface area contributed by atoms with Crippen LogP contribution in [-0.2, 0) is 21.6 Å². The summed E-state index contributed by atoms with van der Waals surface area (Å²) in [5.41, 5.74) is 1.19. The Morgan fingerprint density at radius 3 is 2.48 bits per heavy atom. The van der Waals surface area contributed by atoms with Gasteiger partial charge in [0.2, 0.25) is 5.89 Å². The molecule has 3 aromatic rings. The Morgan fingerprint density at radius 1 is 1.08 bits per heavy atom. The number of nitrogens with zero attached hydrogens (tertiary/aromatic N) is 2. The van der Waals surface area contributed by atoms with Gasteiger partial charge in [-0.2, -0.15) is 0 Å². The molecular weight excluding hydrogens is 340 g/mol. The van der Waals surface area contributed by atoms with Crippen molar-refractivity contribution in [3.05, 3.63) is 71.1 Å². The van der Waals surface area contributed by atoms with Crippen LogP contribution in [-0.4, -0.2) is 16.2 Å². The largest absolute Gasteiger partial charge is 0.455 e. The monoisotopic (exact) mass is 354 g/mol. The summed E-state index contributed by atoms with van der Waals surface area (Å²) >= 11 is 5.91. The van der Waals surface area contributed by atoms with Crippen LogP contribution in [0.1, 0.15) is 24.3 Å². The molecule has 0 atom stereocenters. The molecule has 4 rings (SSSR count). The second kappa shape index (κ2) is 6.33. The average Bonchev–Trinajstić information content (AvgIpc) is 3.32. The minimum Gasteiger partial charge on any atom is -0.455 e. The SMILES string of the molecule is O=C(OCc1nnc(-c2ccccc2)o1)C1(c2ccc(Cl)cc2)CC1. The van der Waals surface area contributed by atoms with Gasteiger partial charge in [-0.25, -0.2) is 0 Å². The van der Waals surface area contributed by atoms with Crippen molar-refractivity contribution in [1.82, 2.24) is 10.2 Å². The molecule has 0 saturated heterocycles. The van der Waals surface area contributed by atoms with E-state index < -0.39 is 5.41 Å². The van der Waals surface area contributed by atoms with Gasteiger partial charge in [-0.1, -0.05) is 41.9 Å². The average molecular weight is 355 g/mol. The summed E-state index contributed by atoms with van der Waals surface area (Å²) in [5, 5.41) is 8.57. The molecule has 126 valence electrons. The van der Waals surface area contributed by atoms with E-state index in [1.54, 1.807) is 12.1 Å². The molecule has 1 aliphatic rings. The second-order valence-electron chi connectivity index (χ2n) is 6.03. The summed E-state index contributed by atoms with van der Waals surface area (Å²) in [5.74, 6) is 0.416. The zero-order chi connectivity index (χ0) is 17.3. The van der Waals surface area contributed by atoms with Crippen molar-refractivity contribution in [3.63, 3.8) is 0 Å². The fraction of sp³-hybridized carbons (Fsp3) is 0.211. The van der Waals surface area contributed by atoms with Crippen LogP contribution in [0.15, 0.2) is 59.0 Å². The van der Waals surface area contributed by atoms with E-state index in [1.807, 2.05) is 42.5 Å². The van der Waals surface area contributed by atoms with Gasteiger partial charge in [0.25, 0.3) is 5.89 Å². The highest BCUT2D eigenvalue weighted by molar-refractivity contribution is 6.30. The molecular formula is C19H15ClN2O3. The molecule has 1 fully saturated rings. The topological polar surface area (TPSA) is 65.2 Å². The normalized spacial score (nSPS) is 14.9. The Balaban J connectivity index is 1.43. The first kappa shape index (κ1) is 15.8. The van der Waals surface area contributed by atoms with Gasteiger partial charge in [-0.15, -0.1) is 10.2 Å². The predicted octanol–water partition coefficient (Wildman–Crippen LogP) is 4.17. The zero-order valence-corrected chi connectivity index (χ0v) is 14.1. The molecule has 25 heavy (non-hydrogen) atoms. The highest BCUT2D eigenvalue weighted by Gasteiger charge is 2.52. The predicted molar refractivity (Wildman–Crippen MR) is 91.9 cm³/mol. The highest BCUT2D eigenvalue weighted by atomic mass is 35.5. The van der Waals surface area contributed by atoms with Crippen molar-refractivity contribution in [2.75, 3.05) is 0 Å². The lowest BCUT2D eigenvalue weighted by Crippen LogP contribution is -2.23. The number of esters is 1. The smallest absolute Gasteiger partial charge is 0.317 e. The number of benzene rings is 2. The fourth-order valence-electron chi connectivity index (χ4n) is 2.78. The Morgan fingerprint density at radius 2 is 1.80 bits per heavy atom. The van der Waals surface area contributed by atoms with E-state index in [-0.39, 0.29) is 18.5 Å². The van der Waals surface area contributed by atoms with Crippen LogP contribution in [0.25, 0.3) is 11.5 Å². The van der Waals surface area contributed by atoms with Crippen LogP contribution >= 0.6 is 11.6 Å². The molecule has 1 aliphatic carbocycles. The van der Waals surface area contributed by atoms with Gasteiger partial charge >= 0.3 is 5.97 Å². The van der Waals surface area contributed by atoms with Crippen LogP contribution in [0, 0.1) is 0 Å². The summed E-state index contributed by atoms with van der Waals surface area (Å²) in [6, 6.07) is 16.8. The van der Waals surface area contributed by atoms with Crippen molar-refractivity contribution in [1.29, 1.82) is 0 Å². The van der Waals surface area contributed by atoms with E-state index >= 15 is 0 Å². The van der Waals surface area contributed by atoms with Crippen molar-refractivity contribution >= 4 is 17.6 Å². The van der Waals surface area contributed by atoms with E-state index in [4.69, 9.17) is 20.8 Å². The molecule has 0 aliphatic heterocycles. The number of aromatic nitrogens is 2. The Labute approximate surface area is 149 Å². The Kier molecular flexibility index (Phi) is 4.01. The van der Waals surface area contributed by atoms with Gasteiger partial charge in [0.1, 0.15) is 0 Å². The third-order valence-electron chi connectivity index (χ3n) is 4.35. The first-order valence-electron chi connectivity index (χ1n) is 7.98. The Hall–Kier alpha value is -2.66. The summed E-state index contributed by atoms with van der Waals surface area (Å²) in [6.07, 6.45) is 1.54. The first-order valence-corrected chi connectivity index (χ1v) is 8.36. The second-order valence-corrected chi connectivity index (χ2v) is 6.47. The summed E-state index contributed by atoms with van der Waals surface area (Å²) in [7, 11) is 0. The molecule has 0 radical (unpaired) electrons. The lowest BCUT2D eigenvalue weighted by Gasteiger charge is -2.14. The van der Waals surface area contributed by atoms with Crippen LogP contribution in [0.5, 0.6) is 0 Å². The van der Waals surface area contributed by atoms with Crippen molar-refractivity contribution < 1.29 is 13.9 Å². The third kappa shape index (κ3) is 3.15. The molecule has 0 unspecified atom stereocenters. The van der Waals surface area contributed by atoms with Gasteiger partial charge in [-0.05, 0) is 42.7 Å². The molecule has 2 aromatic carbocycles. The van der Waals surface area contributed by atoms with Crippen LogP contribution < -0.4 is 0 Å². The van der Waals surface area contributed by atoms with Crippen molar-refractivity contribution in [2.24, 2.45) is 0 Å². The third-order valence-corrected chi connectivity index (χ3v) is 4.60. The lowest BCUT2D eigenvalue weighted by atomic mass is 9.96. The van der Waals surface area contributed by atoms with E-state index in [0.29, 0.717) is 10.9 Å². The number of ether oxygens (including phenoxy) is 1. The maximum Gasteiger partial charge on any atom is 0.317 e. The Bertz CT molecular complexity index is 887. The maximum absolute atomic E-state index is 12.5. The first-order chi connectivity index (χ1) is 12.2. The van der Waals surface area contributed by atoms with E-state index in [2.05, 4.69) is 10.2 Å². The van der Waals surface area contributed by atoms with Gasteiger partial charge in [-0.3, -0.25) is 4.79 Å². The van der Waals surface area contributed by atoms with E-state index in [9.17, 15) is 4.79 Å². The summed E-state index contributed by atoms with van der Waals surface area (Å²) < 4.78 is 11.0. The summed E-state index contributed by atoms with van der Waals surface area (Å²) in [4.78, 5) is 12.5. The summed E-state index contributed by atoms with van der Waals surface area (Å²) in [6.45, 7) is -0.0337. The van der Waals surface area contributed by atoms with E-state index in [1.165, 1.54) is 0 Å². The van der Waals surface area contributed by atoms with Crippen LogP contribution in [0.3, 0.4) is 0 Å². The number of halogens is 1. The number of hydrogen-bond acceptors (Lipinski definition) is 5. The lowest BCUT2D eigenvalue weighted by molar-refractivity contribution is -0.148. The maximum atomic E-state index is 12.5. The van der Waals surface area contributed by atoms with Gasteiger partial charge in [0.05, 0.1) is 5.41 Å². The van der Waals surface area contributed by atoms with Gasteiger partial charge < -0.3 is 9.15 Å². The molecule has 1 saturated carbocycles. The fourth-order valence-corrected chi connectivity index (χ4v) is 2.91. The minimum absolute atomic E-state index is 0.0337. The molecule has 1 heterocycles. The molecule has 0 bridgehead atoms. The molecule has 0 spiro atoms. The van der Waals surface area contributed by atoms with Crippen molar-refractivity contribution in [2.45, 2.75) is 24.9 Å². The molecule has 0 amide bonds. The number of carbonyl (C=O) groups excluding carboxylic acids is 1. The van der Waals surface area contributed by atoms with Gasteiger partial charge in [0, 0.05) is 10.6 Å². The molecule has 5 nitrogen and oxygen atoms in total. The minimum atomic E-state index is -0.563. The number of hydrogen-bond donors (Lipinski definition) is 0. The van der Waals surface area contributed by atoms with E-state index in [0.717, 1.165) is 24.0 Å². The van der Waals surface area contributed by atoms with Crippen molar-refractivity contribution in [3.8, 4) is 11.5 Å². The molecule has 1 aromatic heterocycles. The zero-order valence-electron chi connectivity index (χ0n) is 13.3. The van der Waals surface area contributed by atoms with Gasteiger partial charge in [0.15, 0.2) is 6.61 Å². The molecule has 6 heteroatoms. The number of carbonyl (C=O) groups is 1. The quantitative estimate of drug-likeness (QED) is 0.643. The highest BCUT2D eigenvalue weighted by Crippen LogP contribution is 2.49. The molecule has 0 N–H and O–H groups in total. The standard InChI is InChI=1S/C19H15ClN2O3/c20-15-8-6-14(7-9-15)19(10-11-19)18(23)24-12-16-21-22-17(25-16)13-4-2-1-3-5-13/h1-9H,10-12H2. The van der Waals surface area contributed by atoms with Crippen LogP contribution in [0.4, 0.5) is 0 Å².